The number of nitrogens with one attached hydrogen (secondary N) is 1. The second kappa shape index (κ2) is 9.08. The number of rotatable bonds is 9. The van der Waals surface area contributed by atoms with E-state index in [1.165, 1.54) is 11.1 Å². The Balaban J connectivity index is 2.77. The molecule has 0 aliphatic rings. The van der Waals surface area contributed by atoms with E-state index >= 15 is 0 Å². The molecule has 0 radical (unpaired) electrons. The van der Waals surface area contributed by atoms with Crippen molar-refractivity contribution in [3.63, 3.8) is 0 Å². The maximum atomic E-state index is 5.72. The van der Waals surface area contributed by atoms with E-state index in [-0.39, 0.29) is 12.3 Å². The molecule has 0 amide bonds. The van der Waals surface area contributed by atoms with Gasteiger partial charge in [-0.1, -0.05) is 31.2 Å². The van der Waals surface area contributed by atoms with Crippen molar-refractivity contribution in [1.29, 1.82) is 0 Å². The summed E-state index contributed by atoms with van der Waals surface area (Å²) in [6.45, 7) is 10.5. The van der Waals surface area contributed by atoms with Crippen molar-refractivity contribution in [2.75, 3.05) is 19.8 Å². The normalized spacial score (nSPS) is 12.9. The SMILES string of the molecule is CCNC(Cc1ccccc1C)C(OCC)OCC. The molecule has 0 heterocycles. The first-order valence-corrected chi connectivity index (χ1v) is 7.23. The lowest BCUT2D eigenvalue weighted by atomic mass is 10.0. The molecular weight excluding hydrogens is 238 g/mol. The highest BCUT2D eigenvalue weighted by Gasteiger charge is 2.22. The molecular formula is C16H27NO2. The van der Waals surface area contributed by atoms with Crippen LogP contribution in [0, 0.1) is 6.92 Å². The molecule has 0 fully saturated rings. The van der Waals surface area contributed by atoms with Crippen LogP contribution in [-0.2, 0) is 15.9 Å². The van der Waals surface area contributed by atoms with Gasteiger partial charge < -0.3 is 14.8 Å². The fraction of sp³-hybridized carbons (Fsp3) is 0.625. The molecule has 0 aliphatic carbocycles. The molecule has 0 saturated carbocycles. The molecule has 1 aromatic rings. The van der Waals surface area contributed by atoms with Crippen LogP contribution in [0.1, 0.15) is 31.9 Å². The maximum Gasteiger partial charge on any atom is 0.172 e. The number of likely N-dealkylation sites (N-methyl/N-ethyl adjacent to an activating group) is 1. The Labute approximate surface area is 117 Å². The Kier molecular flexibility index (Phi) is 7.72. The number of aryl methyl sites for hydroxylation is 1. The molecule has 19 heavy (non-hydrogen) atoms. The highest BCUT2D eigenvalue weighted by molar-refractivity contribution is 5.26. The van der Waals surface area contributed by atoms with Crippen molar-refractivity contribution >= 4 is 0 Å². The summed E-state index contributed by atoms with van der Waals surface area (Å²) in [6, 6.07) is 8.67. The third-order valence-corrected chi connectivity index (χ3v) is 3.16. The molecule has 3 nitrogen and oxygen atoms in total. The maximum absolute atomic E-state index is 5.72. The van der Waals surface area contributed by atoms with E-state index < -0.39 is 0 Å². The number of hydrogen-bond donors (Lipinski definition) is 1. The molecule has 0 bridgehead atoms. The van der Waals surface area contributed by atoms with Gasteiger partial charge in [0.25, 0.3) is 0 Å². The van der Waals surface area contributed by atoms with Crippen molar-refractivity contribution < 1.29 is 9.47 Å². The zero-order chi connectivity index (χ0) is 14.1. The van der Waals surface area contributed by atoms with Crippen molar-refractivity contribution in [3.05, 3.63) is 35.4 Å². The molecule has 1 unspecified atom stereocenters. The van der Waals surface area contributed by atoms with Gasteiger partial charge in [-0.15, -0.1) is 0 Å². The van der Waals surface area contributed by atoms with E-state index in [1.807, 2.05) is 13.8 Å². The van der Waals surface area contributed by atoms with Gasteiger partial charge in [0, 0.05) is 13.2 Å². The van der Waals surface area contributed by atoms with Crippen LogP contribution in [0.2, 0.25) is 0 Å². The van der Waals surface area contributed by atoms with Crippen LogP contribution in [0.5, 0.6) is 0 Å². The van der Waals surface area contributed by atoms with Crippen molar-refractivity contribution in [2.24, 2.45) is 0 Å². The summed E-state index contributed by atoms with van der Waals surface area (Å²) in [7, 11) is 0. The molecule has 0 aromatic heterocycles. The third-order valence-electron chi connectivity index (χ3n) is 3.16. The summed E-state index contributed by atoms with van der Waals surface area (Å²) in [5.74, 6) is 0. The average molecular weight is 265 g/mol. The van der Waals surface area contributed by atoms with Crippen LogP contribution in [-0.4, -0.2) is 32.1 Å². The highest BCUT2D eigenvalue weighted by atomic mass is 16.7. The van der Waals surface area contributed by atoms with E-state index in [1.54, 1.807) is 0 Å². The Morgan fingerprint density at radius 1 is 1.05 bits per heavy atom. The lowest BCUT2D eigenvalue weighted by Crippen LogP contribution is -2.44. The average Bonchev–Trinajstić information content (AvgIpc) is 2.40. The third kappa shape index (κ3) is 5.31. The van der Waals surface area contributed by atoms with Crippen LogP contribution in [0.15, 0.2) is 24.3 Å². The van der Waals surface area contributed by atoms with E-state index in [9.17, 15) is 0 Å². The van der Waals surface area contributed by atoms with Gasteiger partial charge >= 0.3 is 0 Å². The number of benzene rings is 1. The van der Waals surface area contributed by atoms with Crippen LogP contribution in [0.25, 0.3) is 0 Å². The minimum atomic E-state index is -0.186. The second-order valence-corrected chi connectivity index (χ2v) is 4.57. The first-order chi connectivity index (χ1) is 9.22. The molecule has 1 rings (SSSR count). The quantitative estimate of drug-likeness (QED) is 0.696. The number of hydrogen-bond acceptors (Lipinski definition) is 3. The van der Waals surface area contributed by atoms with Gasteiger partial charge in [-0.3, -0.25) is 0 Å². The van der Waals surface area contributed by atoms with E-state index in [2.05, 4.69) is 43.4 Å². The van der Waals surface area contributed by atoms with Gasteiger partial charge in [-0.2, -0.15) is 0 Å². The monoisotopic (exact) mass is 265 g/mol. The van der Waals surface area contributed by atoms with Crippen LogP contribution in [0.4, 0.5) is 0 Å². The molecule has 1 atom stereocenters. The summed E-state index contributed by atoms with van der Waals surface area (Å²) in [5.41, 5.74) is 2.66. The Bertz CT molecular complexity index is 348. The van der Waals surface area contributed by atoms with Crippen molar-refractivity contribution in [2.45, 2.75) is 46.4 Å². The van der Waals surface area contributed by atoms with Gasteiger partial charge in [0.15, 0.2) is 6.29 Å². The summed E-state index contributed by atoms with van der Waals surface area (Å²) in [5, 5.41) is 3.48. The fourth-order valence-corrected chi connectivity index (χ4v) is 2.21. The van der Waals surface area contributed by atoms with Gasteiger partial charge in [0.2, 0.25) is 0 Å². The summed E-state index contributed by atoms with van der Waals surface area (Å²) in [4.78, 5) is 0. The summed E-state index contributed by atoms with van der Waals surface area (Å²) >= 11 is 0. The lowest BCUT2D eigenvalue weighted by Gasteiger charge is -2.28. The van der Waals surface area contributed by atoms with Crippen molar-refractivity contribution in [3.8, 4) is 0 Å². The zero-order valence-corrected chi connectivity index (χ0v) is 12.6. The van der Waals surface area contributed by atoms with Gasteiger partial charge in [0.05, 0.1) is 6.04 Å². The molecule has 0 spiro atoms. The largest absolute Gasteiger partial charge is 0.351 e. The van der Waals surface area contributed by atoms with E-state index in [4.69, 9.17) is 9.47 Å². The molecule has 1 aromatic carbocycles. The van der Waals surface area contributed by atoms with Crippen LogP contribution in [0.3, 0.4) is 0 Å². The van der Waals surface area contributed by atoms with Gasteiger partial charge in [-0.05, 0) is 44.9 Å². The molecule has 108 valence electrons. The Morgan fingerprint density at radius 2 is 1.68 bits per heavy atom. The summed E-state index contributed by atoms with van der Waals surface area (Å²) in [6.07, 6.45) is 0.736. The predicted octanol–water partition coefficient (Wildman–Crippen LogP) is 2.91. The minimum Gasteiger partial charge on any atom is -0.351 e. The molecule has 0 aliphatic heterocycles. The standard InChI is InChI=1S/C16H27NO2/c1-5-17-15(16(18-6-2)19-7-3)12-14-11-9-8-10-13(14)4/h8-11,15-17H,5-7,12H2,1-4H3. The lowest BCUT2D eigenvalue weighted by molar-refractivity contribution is -0.153. The Morgan fingerprint density at radius 3 is 2.21 bits per heavy atom. The smallest absolute Gasteiger partial charge is 0.172 e. The molecule has 0 saturated heterocycles. The van der Waals surface area contributed by atoms with E-state index in [0.29, 0.717) is 13.2 Å². The van der Waals surface area contributed by atoms with E-state index in [0.717, 1.165) is 13.0 Å². The van der Waals surface area contributed by atoms with Crippen molar-refractivity contribution in [1.82, 2.24) is 5.32 Å². The number of ether oxygens (including phenoxy) is 2. The predicted molar refractivity (Wildman–Crippen MR) is 79.4 cm³/mol. The first kappa shape index (κ1) is 16.2. The first-order valence-electron chi connectivity index (χ1n) is 7.23. The fourth-order valence-electron chi connectivity index (χ4n) is 2.21. The van der Waals surface area contributed by atoms with Crippen LogP contribution >= 0.6 is 0 Å². The second-order valence-electron chi connectivity index (χ2n) is 4.57. The van der Waals surface area contributed by atoms with Gasteiger partial charge in [0.1, 0.15) is 0 Å². The highest BCUT2D eigenvalue weighted by Crippen LogP contribution is 2.14. The zero-order valence-electron chi connectivity index (χ0n) is 12.6. The minimum absolute atomic E-state index is 0.186. The van der Waals surface area contributed by atoms with Crippen LogP contribution < -0.4 is 5.32 Å². The summed E-state index contributed by atoms with van der Waals surface area (Å²) < 4.78 is 11.4. The topological polar surface area (TPSA) is 30.5 Å². The van der Waals surface area contributed by atoms with Gasteiger partial charge in [-0.25, -0.2) is 0 Å². The Hall–Kier alpha value is -0.900. The molecule has 1 N–H and O–H groups in total. The molecule has 3 heteroatoms.